The number of hydrogen-bond donors (Lipinski definition) is 0. The Balaban J connectivity index is -0.000000853. The van der Waals surface area contributed by atoms with Gasteiger partial charge in [-0.05, 0) is 51.4 Å². The molecule has 0 saturated heterocycles. The largest absolute Gasteiger partial charge is 2.00 e. The molecule has 0 N–H and O–H groups in total. The second-order valence-corrected chi connectivity index (χ2v) is 11.3. The summed E-state index contributed by atoms with van der Waals surface area (Å²) >= 11 is 0. The van der Waals surface area contributed by atoms with Gasteiger partial charge in [0.25, 0.3) is 0 Å². The Labute approximate surface area is 278 Å². The summed E-state index contributed by atoms with van der Waals surface area (Å²) in [7, 11) is 0. The van der Waals surface area contributed by atoms with E-state index in [-0.39, 0.29) is 67.7 Å². The summed E-state index contributed by atoms with van der Waals surface area (Å²) in [6.45, 7) is 15.3. The molecule has 0 rings (SSSR count). The van der Waals surface area contributed by atoms with Crippen molar-refractivity contribution < 1.29 is 72.2 Å². The molecule has 0 heterocycles. The fourth-order valence-electron chi connectivity index (χ4n) is 5.58. The van der Waals surface area contributed by atoms with Gasteiger partial charge in [-0.3, -0.25) is 0 Å². The van der Waals surface area contributed by atoms with E-state index in [4.69, 9.17) is 0 Å². The van der Waals surface area contributed by atoms with Crippen molar-refractivity contribution in [3.05, 3.63) is 0 Å². The third kappa shape index (κ3) is 34.0. The van der Waals surface area contributed by atoms with E-state index < -0.39 is 0 Å². The molecular formula is C32H68Br3CoN. The van der Waals surface area contributed by atoms with Crippen LogP contribution in [0.1, 0.15) is 182 Å². The predicted molar refractivity (Wildman–Crippen MR) is 153 cm³/mol. The van der Waals surface area contributed by atoms with E-state index in [1.807, 2.05) is 0 Å². The topological polar surface area (TPSA) is 0 Å². The Morgan fingerprint density at radius 1 is 0.270 bits per heavy atom. The predicted octanol–water partition coefficient (Wildman–Crippen LogP) is 2.25. The number of unbranched alkanes of at least 4 members (excludes halogenated alkanes) is 20. The molecule has 0 aliphatic carbocycles. The molecule has 0 bridgehead atoms. The zero-order valence-corrected chi connectivity index (χ0v) is 31.5. The molecule has 0 spiro atoms. The molecule has 5 heteroatoms. The normalized spacial score (nSPS) is 10.7. The molecule has 1 nitrogen and oxygen atoms in total. The molecule has 0 atom stereocenters. The van der Waals surface area contributed by atoms with Crippen molar-refractivity contribution in [2.24, 2.45) is 0 Å². The van der Waals surface area contributed by atoms with Gasteiger partial charge in [-0.25, -0.2) is 0 Å². The summed E-state index contributed by atoms with van der Waals surface area (Å²) in [5.74, 6) is 0. The second-order valence-electron chi connectivity index (χ2n) is 11.3. The third-order valence-corrected chi connectivity index (χ3v) is 7.94. The number of rotatable bonds is 28. The summed E-state index contributed by atoms with van der Waals surface area (Å²) in [6, 6.07) is 0. The van der Waals surface area contributed by atoms with Gasteiger partial charge in [0.2, 0.25) is 0 Å². The Kier molecular flexibility index (Phi) is 52.6. The van der Waals surface area contributed by atoms with E-state index in [2.05, 4.69) is 27.7 Å². The number of halogens is 3. The van der Waals surface area contributed by atoms with E-state index in [1.54, 1.807) is 0 Å². The number of nitrogens with zero attached hydrogens (tertiary/aromatic N) is 1. The third-order valence-electron chi connectivity index (χ3n) is 7.94. The Hall–Kier alpha value is 1.91. The van der Waals surface area contributed by atoms with Crippen LogP contribution in [0.3, 0.4) is 0 Å². The maximum absolute atomic E-state index is 2.34. The van der Waals surface area contributed by atoms with E-state index in [0.29, 0.717) is 0 Å². The SMILES string of the molecule is CCCCCCCC[N+](CCCCCCCC)(CCCCCCCC)CCCCCCCC.[Br-].[Br-].[Br-].[Co+2]. The molecule has 0 aliphatic rings. The second kappa shape index (κ2) is 40.0. The average Bonchev–Trinajstić information content (AvgIpc) is 2.83. The van der Waals surface area contributed by atoms with Crippen molar-refractivity contribution in [1.82, 2.24) is 0 Å². The molecule has 37 heavy (non-hydrogen) atoms. The van der Waals surface area contributed by atoms with Crippen LogP contribution in [0.25, 0.3) is 0 Å². The Morgan fingerprint density at radius 3 is 0.622 bits per heavy atom. The standard InChI is InChI=1S/C32H68N.3BrH.Co/c1-5-9-13-17-21-25-29-33(30-26-22-18-14-10-6-2,31-27-23-19-15-11-7-3)32-28-24-20-16-12-8-4;;;;/h5-32H2,1-4H3;3*1H;/q+1;;;;+2/p-3. The monoisotopic (exact) mass is 762 g/mol. The molecule has 0 aromatic carbocycles. The maximum Gasteiger partial charge on any atom is 2.00 e. The van der Waals surface area contributed by atoms with E-state index >= 15 is 0 Å². The van der Waals surface area contributed by atoms with E-state index in [1.165, 1.54) is 185 Å². The summed E-state index contributed by atoms with van der Waals surface area (Å²) in [5, 5.41) is 0. The number of hydrogen-bond acceptors (Lipinski definition) is 0. The minimum Gasteiger partial charge on any atom is -1.00 e. The fraction of sp³-hybridized carbons (Fsp3) is 1.00. The van der Waals surface area contributed by atoms with Crippen molar-refractivity contribution >= 4 is 0 Å². The first-order valence-electron chi connectivity index (χ1n) is 16.1. The zero-order valence-electron chi connectivity index (χ0n) is 25.7. The van der Waals surface area contributed by atoms with Crippen LogP contribution in [0.15, 0.2) is 0 Å². The van der Waals surface area contributed by atoms with Gasteiger partial charge < -0.3 is 55.4 Å². The molecular weight excluding hydrogens is 697 g/mol. The van der Waals surface area contributed by atoms with E-state index in [9.17, 15) is 0 Å². The van der Waals surface area contributed by atoms with Gasteiger partial charge in [0.1, 0.15) is 0 Å². The van der Waals surface area contributed by atoms with E-state index in [0.717, 1.165) is 0 Å². The molecule has 0 fully saturated rings. The molecule has 231 valence electrons. The van der Waals surface area contributed by atoms with Gasteiger partial charge >= 0.3 is 16.8 Å². The quantitative estimate of drug-likeness (QED) is 0.0849. The molecule has 0 aliphatic heterocycles. The van der Waals surface area contributed by atoms with Gasteiger partial charge in [-0.2, -0.15) is 0 Å². The van der Waals surface area contributed by atoms with Crippen molar-refractivity contribution in [3.8, 4) is 0 Å². The molecule has 0 unspecified atom stereocenters. The van der Waals surface area contributed by atoms with Gasteiger partial charge in [0.15, 0.2) is 0 Å². The first-order valence-corrected chi connectivity index (χ1v) is 16.1. The summed E-state index contributed by atoms with van der Waals surface area (Å²) in [4.78, 5) is 0. The van der Waals surface area contributed by atoms with Gasteiger partial charge in [-0.1, -0.05) is 130 Å². The molecule has 0 aromatic heterocycles. The van der Waals surface area contributed by atoms with Crippen LogP contribution in [-0.2, 0) is 16.8 Å². The first kappa shape index (κ1) is 48.6. The van der Waals surface area contributed by atoms with Crippen LogP contribution in [0.2, 0.25) is 0 Å². The van der Waals surface area contributed by atoms with Crippen molar-refractivity contribution in [2.45, 2.75) is 182 Å². The molecule has 1 radical (unpaired) electrons. The van der Waals surface area contributed by atoms with Gasteiger partial charge in [-0.15, -0.1) is 0 Å². The van der Waals surface area contributed by atoms with Crippen LogP contribution in [-0.4, -0.2) is 30.7 Å². The zero-order chi connectivity index (χ0) is 24.3. The van der Waals surface area contributed by atoms with Crippen LogP contribution >= 0.6 is 0 Å². The van der Waals surface area contributed by atoms with Crippen LogP contribution in [0.4, 0.5) is 0 Å². The molecule has 0 aromatic rings. The smallest absolute Gasteiger partial charge is 1.00 e. The summed E-state index contributed by atoms with van der Waals surface area (Å²) in [6.07, 6.45) is 34.8. The Bertz CT molecular complexity index is 302. The van der Waals surface area contributed by atoms with Crippen molar-refractivity contribution in [2.75, 3.05) is 26.2 Å². The van der Waals surface area contributed by atoms with Crippen LogP contribution < -0.4 is 50.9 Å². The molecule has 0 saturated carbocycles. The van der Waals surface area contributed by atoms with Gasteiger partial charge in [0, 0.05) is 0 Å². The first-order chi connectivity index (χ1) is 16.2. The van der Waals surface area contributed by atoms with Gasteiger partial charge in [0.05, 0.1) is 26.2 Å². The van der Waals surface area contributed by atoms with Crippen molar-refractivity contribution in [3.63, 3.8) is 0 Å². The summed E-state index contributed by atoms with van der Waals surface area (Å²) in [5.41, 5.74) is 0. The minimum absolute atomic E-state index is 0. The fourth-order valence-corrected chi connectivity index (χ4v) is 5.58. The molecule has 0 amide bonds. The summed E-state index contributed by atoms with van der Waals surface area (Å²) < 4.78 is 1.48. The average molecular weight is 766 g/mol. The number of quaternary nitrogens is 1. The Morgan fingerprint density at radius 2 is 0.432 bits per heavy atom. The minimum atomic E-state index is 0. The maximum atomic E-state index is 2.34. The van der Waals surface area contributed by atoms with Crippen molar-refractivity contribution in [1.29, 1.82) is 0 Å². The van der Waals surface area contributed by atoms with Crippen LogP contribution in [0.5, 0.6) is 0 Å². The van der Waals surface area contributed by atoms with Crippen LogP contribution in [0, 0.1) is 0 Å².